The van der Waals surface area contributed by atoms with Gasteiger partial charge in [-0.1, -0.05) is 54.1 Å². The lowest BCUT2D eigenvalue weighted by Crippen LogP contribution is -2.25. The molecule has 0 heterocycles. The number of esters is 1. The van der Waals surface area contributed by atoms with Gasteiger partial charge in [-0.3, -0.25) is 4.79 Å². The zero-order valence-corrected chi connectivity index (χ0v) is 18.8. The molecule has 0 fully saturated rings. The van der Waals surface area contributed by atoms with Crippen LogP contribution < -0.4 is 10.5 Å². The van der Waals surface area contributed by atoms with E-state index in [1.54, 1.807) is 0 Å². The lowest BCUT2D eigenvalue weighted by atomic mass is 9.99. The number of hydrogen-bond donors (Lipinski definition) is 1. The fourth-order valence-electron chi connectivity index (χ4n) is 3.47. The first-order chi connectivity index (χ1) is 14.7. The Morgan fingerprint density at radius 2 is 1.65 bits per heavy atom. The van der Waals surface area contributed by atoms with Crippen LogP contribution in [0.2, 0.25) is 0 Å². The van der Waals surface area contributed by atoms with Gasteiger partial charge >= 0.3 is 5.97 Å². The van der Waals surface area contributed by atoms with Crippen LogP contribution in [-0.2, 0) is 29.1 Å². The smallest absolute Gasteiger partial charge is 0.310 e. The van der Waals surface area contributed by atoms with Crippen molar-refractivity contribution in [1.29, 1.82) is 0 Å². The van der Waals surface area contributed by atoms with Gasteiger partial charge in [-0.25, -0.2) is 0 Å². The van der Waals surface area contributed by atoms with Gasteiger partial charge in [0.1, 0.15) is 18.0 Å². The molecular formula is C27H31NO3. The topological polar surface area (TPSA) is 61.5 Å². The van der Waals surface area contributed by atoms with Crippen molar-refractivity contribution in [2.24, 2.45) is 5.73 Å². The summed E-state index contributed by atoms with van der Waals surface area (Å²) in [5, 5.41) is 0. The molecule has 0 unspecified atom stereocenters. The molecule has 0 aliphatic heterocycles. The Morgan fingerprint density at radius 3 is 2.39 bits per heavy atom. The van der Waals surface area contributed by atoms with E-state index in [2.05, 4.69) is 37.3 Å². The molecule has 0 amide bonds. The molecule has 0 aliphatic rings. The Bertz CT molecular complexity index is 1050. The van der Waals surface area contributed by atoms with E-state index < -0.39 is 5.60 Å². The Labute approximate surface area is 185 Å². The standard InChI is InChI=1S/C27H31NO3/c1-19-12-21(17-28)15-24(13-19)22-10-7-8-20(14-22)18-30-25-11-6-5-9-23(25)16-26(29)31-27(2,3)4/h5-15H,16-18,28H2,1-4H3. The molecule has 0 bridgehead atoms. The van der Waals surface area contributed by atoms with Crippen LogP contribution in [0.4, 0.5) is 0 Å². The Balaban J connectivity index is 1.74. The number of rotatable bonds is 7. The third-order valence-corrected chi connectivity index (χ3v) is 4.75. The molecule has 3 rings (SSSR count). The average molecular weight is 418 g/mol. The van der Waals surface area contributed by atoms with Crippen LogP contribution in [0.3, 0.4) is 0 Å². The van der Waals surface area contributed by atoms with Gasteiger partial charge in [0.25, 0.3) is 0 Å². The molecule has 0 aliphatic carbocycles. The maximum absolute atomic E-state index is 12.2. The summed E-state index contributed by atoms with van der Waals surface area (Å²) in [6.07, 6.45) is 0.179. The zero-order chi connectivity index (χ0) is 22.4. The third-order valence-electron chi connectivity index (χ3n) is 4.75. The van der Waals surface area contributed by atoms with E-state index in [1.807, 2.05) is 57.2 Å². The Hall–Kier alpha value is -3.11. The molecule has 162 valence electrons. The van der Waals surface area contributed by atoms with Gasteiger partial charge in [0.15, 0.2) is 0 Å². The molecule has 3 aromatic carbocycles. The highest BCUT2D eigenvalue weighted by Gasteiger charge is 2.18. The van der Waals surface area contributed by atoms with Gasteiger partial charge in [0.2, 0.25) is 0 Å². The minimum Gasteiger partial charge on any atom is -0.489 e. The number of ether oxygens (including phenoxy) is 2. The summed E-state index contributed by atoms with van der Waals surface area (Å²) < 4.78 is 11.5. The van der Waals surface area contributed by atoms with Crippen LogP contribution in [0.25, 0.3) is 11.1 Å². The van der Waals surface area contributed by atoms with Gasteiger partial charge in [0, 0.05) is 12.1 Å². The predicted molar refractivity (Wildman–Crippen MR) is 125 cm³/mol. The molecule has 2 N–H and O–H groups in total. The number of aryl methyl sites for hydroxylation is 1. The van der Waals surface area contributed by atoms with Gasteiger partial charge < -0.3 is 15.2 Å². The second-order valence-corrected chi connectivity index (χ2v) is 8.77. The summed E-state index contributed by atoms with van der Waals surface area (Å²) >= 11 is 0. The number of carbonyl (C=O) groups is 1. The lowest BCUT2D eigenvalue weighted by Gasteiger charge is -2.20. The summed E-state index contributed by atoms with van der Waals surface area (Å²) in [6, 6.07) is 22.3. The summed E-state index contributed by atoms with van der Waals surface area (Å²) in [6.45, 7) is 8.61. The van der Waals surface area contributed by atoms with Gasteiger partial charge in [0.05, 0.1) is 6.42 Å². The summed E-state index contributed by atoms with van der Waals surface area (Å²) in [5.74, 6) is 0.431. The van der Waals surface area contributed by atoms with E-state index in [9.17, 15) is 4.79 Å². The van der Waals surface area contributed by atoms with Crippen LogP contribution in [-0.4, -0.2) is 11.6 Å². The average Bonchev–Trinajstić information content (AvgIpc) is 2.71. The number of hydrogen-bond acceptors (Lipinski definition) is 4. The molecule has 0 radical (unpaired) electrons. The largest absolute Gasteiger partial charge is 0.489 e. The Morgan fingerprint density at radius 1 is 0.903 bits per heavy atom. The van der Waals surface area contributed by atoms with Crippen LogP contribution in [0.5, 0.6) is 5.75 Å². The molecule has 3 aromatic rings. The SMILES string of the molecule is Cc1cc(CN)cc(-c2cccc(COc3ccccc3CC(=O)OC(C)(C)C)c2)c1. The number of nitrogens with two attached hydrogens (primary N) is 1. The summed E-state index contributed by atoms with van der Waals surface area (Å²) in [5.41, 5.74) is 11.8. The molecule has 0 saturated carbocycles. The van der Waals surface area contributed by atoms with E-state index >= 15 is 0 Å². The van der Waals surface area contributed by atoms with Crippen molar-refractivity contribution >= 4 is 5.97 Å². The maximum atomic E-state index is 12.2. The molecule has 4 nitrogen and oxygen atoms in total. The highest BCUT2D eigenvalue weighted by molar-refractivity contribution is 5.74. The van der Waals surface area contributed by atoms with Crippen molar-refractivity contribution in [3.63, 3.8) is 0 Å². The van der Waals surface area contributed by atoms with Gasteiger partial charge in [-0.15, -0.1) is 0 Å². The van der Waals surface area contributed by atoms with Crippen molar-refractivity contribution in [2.45, 2.75) is 52.9 Å². The monoisotopic (exact) mass is 417 g/mol. The highest BCUT2D eigenvalue weighted by Crippen LogP contribution is 2.25. The first-order valence-electron chi connectivity index (χ1n) is 10.6. The van der Waals surface area contributed by atoms with E-state index in [0.717, 1.165) is 27.8 Å². The van der Waals surface area contributed by atoms with Gasteiger partial charge in [-0.2, -0.15) is 0 Å². The van der Waals surface area contributed by atoms with Crippen LogP contribution in [0.15, 0.2) is 66.7 Å². The lowest BCUT2D eigenvalue weighted by molar-refractivity contribution is -0.153. The zero-order valence-electron chi connectivity index (χ0n) is 18.8. The summed E-state index contributed by atoms with van der Waals surface area (Å²) in [4.78, 5) is 12.2. The van der Waals surface area contributed by atoms with E-state index in [1.165, 1.54) is 5.56 Å². The van der Waals surface area contributed by atoms with Crippen molar-refractivity contribution in [3.8, 4) is 16.9 Å². The van der Waals surface area contributed by atoms with Crippen molar-refractivity contribution in [1.82, 2.24) is 0 Å². The van der Waals surface area contributed by atoms with Gasteiger partial charge in [-0.05, 0) is 68.1 Å². The molecular weight excluding hydrogens is 386 g/mol. The normalized spacial score (nSPS) is 11.3. The van der Waals surface area contributed by atoms with E-state index in [-0.39, 0.29) is 12.4 Å². The fraction of sp³-hybridized carbons (Fsp3) is 0.296. The maximum Gasteiger partial charge on any atom is 0.310 e. The highest BCUT2D eigenvalue weighted by atomic mass is 16.6. The van der Waals surface area contributed by atoms with E-state index in [4.69, 9.17) is 15.2 Å². The second kappa shape index (κ2) is 9.80. The van der Waals surface area contributed by atoms with Crippen molar-refractivity contribution in [2.75, 3.05) is 0 Å². The third kappa shape index (κ3) is 6.69. The first-order valence-corrected chi connectivity index (χ1v) is 10.6. The fourth-order valence-corrected chi connectivity index (χ4v) is 3.47. The number of para-hydroxylation sites is 1. The molecule has 0 atom stereocenters. The molecule has 0 spiro atoms. The number of carbonyl (C=O) groups excluding carboxylic acids is 1. The minimum atomic E-state index is -0.507. The first kappa shape index (κ1) is 22.6. The minimum absolute atomic E-state index is 0.179. The van der Waals surface area contributed by atoms with E-state index in [0.29, 0.717) is 18.9 Å². The van der Waals surface area contributed by atoms with Crippen LogP contribution in [0.1, 0.15) is 43.0 Å². The quantitative estimate of drug-likeness (QED) is 0.510. The predicted octanol–water partition coefficient (Wildman–Crippen LogP) is 5.58. The van der Waals surface area contributed by atoms with Crippen LogP contribution >= 0.6 is 0 Å². The number of benzene rings is 3. The molecule has 0 aromatic heterocycles. The Kier molecular flexibility index (Phi) is 7.13. The van der Waals surface area contributed by atoms with Crippen molar-refractivity contribution in [3.05, 3.63) is 89.0 Å². The molecule has 0 saturated heterocycles. The van der Waals surface area contributed by atoms with Crippen LogP contribution in [0, 0.1) is 6.92 Å². The molecule has 4 heteroatoms. The van der Waals surface area contributed by atoms with Crippen molar-refractivity contribution < 1.29 is 14.3 Å². The second-order valence-electron chi connectivity index (χ2n) is 8.77. The molecule has 31 heavy (non-hydrogen) atoms. The summed E-state index contributed by atoms with van der Waals surface area (Å²) in [7, 11) is 0.